The average Bonchev–Trinajstić information content (AvgIpc) is 2.81. The molecule has 9 heteroatoms. The SMILES string of the molecule is COc1ccc(C(=O)N2CCN(C(=O)CNC(=O)c3cccc(Br)c3)CC2)cc1OC. The van der Waals surface area contributed by atoms with E-state index >= 15 is 0 Å². The molecule has 1 N–H and O–H groups in total. The van der Waals surface area contributed by atoms with E-state index in [1.54, 1.807) is 46.2 Å². The van der Waals surface area contributed by atoms with Crippen LogP contribution in [0.5, 0.6) is 11.5 Å². The van der Waals surface area contributed by atoms with E-state index in [4.69, 9.17) is 9.47 Å². The lowest BCUT2D eigenvalue weighted by atomic mass is 10.1. The number of rotatable bonds is 6. The molecule has 31 heavy (non-hydrogen) atoms. The number of halogens is 1. The summed E-state index contributed by atoms with van der Waals surface area (Å²) in [5.74, 6) is 0.428. The molecule has 8 nitrogen and oxygen atoms in total. The van der Waals surface area contributed by atoms with Gasteiger partial charge in [-0.2, -0.15) is 0 Å². The molecule has 0 radical (unpaired) electrons. The Kier molecular flexibility index (Phi) is 7.51. The quantitative estimate of drug-likeness (QED) is 0.671. The lowest BCUT2D eigenvalue weighted by molar-refractivity contribution is -0.131. The second-order valence-corrected chi connectivity index (χ2v) is 7.85. The predicted molar refractivity (Wildman–Crippen MR) is 119 cm³/mol. The van der Waals surface area contributed by atoms with Crippen LogP contribution in [0.15, 0.2) is 46.9 Å². The maximum Gasteiger partial charge on any atom is 0.254 e. The number of nitrogens with one attached hydrogen (secondary N) is 1. The predicted octanol–water partition coefficient (Wildman–Crippen LogP) is 2.18. The molecule has 0 atom stereocenters. The molecule has 0 unspecified atom stereocenters. The van der Waals surface area contributed by atoms with Crippen molar-refractivity contribution < 1.29 is 23.9 Å². The minimum Gasteiger partial charge on any atom is -0.493 e. The lowest BCUT2D eigenvalue weighted by Gasteiger charge is -2.35. The highest BCUT2D eigenvalue weighted by Gasteiger charge is 2.25. The Hall–Kier alpha value is -3.07. The van der Waals surface area contributed by atoms with Gasteiger partial charge < -0.3 is 24.6 Å². The van der Waals surface area contributed by atoms with Gasteiger partial charge in [0.05, 0.1) is 20.8 Å². The van der Waals surface area contributed by atoms with Crippen molar-refractivity contribution in [1.82, 2.24) is 15.1 Å². The summed E-state index contributed by atoms with van der Waals surface area (Å²) in [5, 5.41) is 2.65. The molecule has 1 heterocycles. The molecule has 0 bridgehead atoms. The number of ether oxygens (including phenoxy) is 2. The van der Waals surface area contributed by atoms with E-state index in [9.17, 15) is 14.4 Å². The number of hydrogen-bond donors (Lipinski definition) is 1. The minimum atomic E-state index is -0.308. The number of hydrogen-bond acceptors (Lipinski definition) is 5. The summed E-state index contributed by atoms with van der Waals surface area (Å²) in [7, 11) is 3.06. The van der Waals surface area contributed by atoms with E-state index < -0.39 is 0 Å². The largest absolute Gasteiger partial charge is 0.493 e. The van der Waals surface area contributed by atoms with E-state index in [2.05, 4.69) is 21.2 Å². The topological polar surface area (TPSA) is 88.2 Å². The van der Waals surface area contributed by atoms with Crippen molar-refractivity contribution in [3.8, 4) is 11.5 Å². The van der Waals surface area contributed by atoms with Crippen molar-refractivity contribution in [2.45, 2.75) is 0 Å². The van der Waals surface area contributed by atoms with Crippen LogP contribution in [0.4, 0.5) is 0 Å². The fourth-order valence-corrected chi connectivity index (χ4v) is 3.71. The molecular weight excluding hydrogens is 466 g/mol. The van der Waals surface area contributed by atoms with Crippen LogP contribution in [0.25, 0.3) is 0 Å². The maximum absolute atomic E-state index is 12.8. The summed E-state index contributed by atoms with van der Waals surface area (Å²) in [4.78, 5) is 40.8. The normalized spacial score (nSPS) is 13.5. The first-order valence-corrected chi connectivity index (χ1v) is 10.5. The van der Waals surface area contributed by atoms with Crippen LogP contribution in [0, 0.1) is 0 Å². The van der Waals surface area contributed by atoms with Crippen LogP contribution in [0.2, 0.25) is 0 Å². The second kappa shape index (κ2) is 10.3. The Labute approximate surface area is 189 Å². The standard InChI is InChI=1S/C22H24BrN3O5/c1-30-18-7-6-16(13-19(18)31-2)22(29)26-10-8-25(9-11-26)20(27)14-24-21(28)15-4-3-5-17(23)12-15/h3-7,12-13H,8-11,14H2,1-2H3,(H,24,28). The summed E-state index contributed by atoms with van der Waals surface area (Å²) < 4.78 is 11.3. The number of methoxy groups -OCH3 is 2. The Morgan fingerprint density at radius 2 is 1.58 bits per heavy atom. The number of carbonyl (C=O) groups is 3. The lowest BCUT2D eigenvalue weighted by Crippen LogP contribution is -2.52. The first-order valence-electron chi connectivity index (χ1n) is 9.75. The van der Waals surface area contributed by atoms with Gasteiger partial charge in [0.1, 0.15) is 0 Å². The van der Waals surface area contributed by atoms with Crippen LogP contribution in [-0.4, -0.2) is 74.5 Å². The minimum absolute atomic E-state index is 0.0883. The van der Waals surface area contributed by atoms with Gasteiger partial charge in [-0.3, -0.25) is 14.4 Å². The maximum atomic E-state index is 12.8. The molecule has 164 valence electrons. The molecule has 2 aromatic rings. The van der Waals surface area contributed by atoms with Gasteiger partial charge in [-0.1, -0.05) is 22.0 Å². The van der Waals surface area contributed by atoms with E-state index in [0.717, 1.165) is 4.47 Å². The fraction of sp³-hybridized carbons (Fsp3) is 0.318. The molecule has 1 fully saturated rings. The Morgan fingerprint density at radius 3 is 2.23 bits per heavy atom. The molecule has 1 aliphatic heterocycles. The van der Waals surface area contributed by atoms with Crippen LogP contribution in [-0.2, 0) is 4.79 Å². The molecule has 3 rings (SSSR count). The summed E-state index contributed by atoms with van der Waals surface area (Å²) in [5.41, 5.74) is 0.978. The zero-order valence-corrected chi connectivity index (χ0v) is 19.0. The van der Waals surface area contributed by atoms with Crippen LogP contribution in [0.1, 0.15) is 20.7 Å². The van der Waals surface area contributed by atoms with Crippen LogP contribution in [0.3, 0.4) is 0 Å². The fourth-order valence-electron chi connectivity index (χ4n) is 3.31. The van der Waals surface area contributed by atoms with Gasteiger partial charge in [0.15, 0.2) is 11.5 Å². The first-order chi connectivity index (χ1) is 14.9. The van der Waals surface area contributed by atoms with E-state index in [-0.39, 0.29) is 24.3 Å². The van der Waals surface area contributed by atoms with Crippen molar-refractivity contribution in [2.75, 3.05) is 46.9 Å². The van der Waals surface area contributed by atoms with E-state index in [1.807, 2.05) is 6.07 Å². The van der Waals surface area contributed by atoms with Gasteiger partial charge in [-0.05, 0) is 36.4 Å². The third-order valence-electron chi connectivity index (χ3n) is 5.04. The highest BCUT2D eigenvalue weighted by molar-refractivity contribution is 9.10. The molecule has 2 aromatic carbocycles. The van der Waals surface area contributed by atoms with Crippen molar-refractivity contribution in [2.24, 2.45) is 0 Å². The third kappa shape index (κ3) is 5.55. The second-order valence-electron chi connectivity index (χ2n) is 6.94. The first kappa shape index (κ1) is 22.6. The number of piperazine rings is 1. The summed E-state index contributed by atoms with van der Waals surface area (Å²) in [6.07, 6.45) is 0. The molecule has 0 aliphatic carbocycles. The Balaban J connectivity index is 1.51. The summed E-state index contributed by atoms with van der Waals surface area (Å²) >= 11 is 3.32. The Bertz CT molecular complexity index is 973. The zero-order valence-electron chi connectivity index (χ0n) is 17.4. The smallest absolute Gasteiger partial charge is 0.254 e. The van der Waals surface area contributed by atoms with E-state index in [1.165, 1.54) is 14.2 Å². The van der Waals surface area contributed by atoms with Crippen molar-refractivity contribution in [3.63, 3.8) is 0 Å². The number of amides is 3. The molecule has 0 spiro atoms. The molecule has 0 saturated carbocycles. The number of nitrogens with zero attached hydrogens (tertiary/aromatic N) is 2. The van der Waals surface area contributed by atoms with Crippen molar-refractivity contribution in [3.05, 3.63) is 58.1 Å². The van der Waals surface area contributed by atoms with Gasteiger partial charge in [0.25, 0.3) is 11.8 Å². The van der Waals surface area contributed by atoms with Crippen molar-refractivity contribution in [1.29, 1.82) is 0 Å². The van der Waals surface area contributed by atoms with Crippen molar-refractivity contribution >= 4 is 33.7 Å². The van der Waals surface area contributed by atoms with Gasteiger partial charge in [0, 0.05) is 41.8 Å². The molecule has 1 aliphatic rings. The van der Waals surface area contributed by atoms with Gasteiger partial charge in [-0.25, -0.2) is 0 Å². The Morgan fingerprint density at radius 1 is 0.903 bits per heavy atom. The van der Waals surface area contributed by atoms with Gasteiger partial charge in [0.2, 0.25) is 5.91 Å². The highest BCUT2D eigenvalue weighted by Crippen LogP contribution is 2.28. The van der Waals surface area contributed by atoms with Crippen LogP contribution >= 0.6 is 15.9 Å². The monoisotopic (exact) mass is 489 g/mol. The van der Waals surface area contributed by atoms with Crippen LogP contribution < -0.4 is 14.8 Å². The summed E-state index contributed by atoms with van der Waals surface area (Å²) in [6.45, 7) is 1.56. The summed E-state index contributed by atoms with van der Waals surface area (Å²) in [6, 6.07) is 12.0. The number of carbonyl (C=O) groups excluding carboxylic acids is 3. The highest BCUT2D eigenvalue weighted by atomic mass is 79.9. The molecule has 1 saturated heterocycles. The number of benzene rings is 2. The third-order valence-corrected chi connectivity index (χ3v) is 5.53. The average molecular weight is 490 g/mol. The molecular formula is C22H24BrN3O5. The molecule has 0 aromatic heterocycles. The molecule has 3 amide bonds. The van der Waals surface area contributed by atoms with E-state index in [0.29, 0.717) is 48.8 Å². The van der Waals surface area contributed by atoms with Gasteiger partial charge >= 0.3 is 0 Å². The zero-order chi connectivity index (χ0) is 22.4. The van der Waals surface area contributed by atoms with Gasteiger partial charge in [-0.15, -0.1) is 0 Å².